The number of ether oxygens (including phenoxy) is 1. The Morgan fingerprint density at radius 3 is 1.51 bits per heavy atom. The van der Waals surface area contributed by atoms with Gasteiger partial charge in [0.1, 0.15) is 11.5 Å². The summed E-state index contributed by atoms with van der Waals surface area (Å²) in [5.74, 6) is 1.87. The van der Waals surface area contributed by atoms with Gasteiger partial charge in [0.25, 0.3) is 0 Å². The molecule has 0 unspecified atom stereocenters. The summed E-state index contributed by atoms with van der Waals surface area (Å²) in [5.41, 5.74) is 11.6. The monoisotopic (exact) mass is 618 g/mol. The summed E-state index contributed by atoms with van der Waals surface area (Å²) in [5, 5.41) is 5.35. The van der Waals surface area contributed by atoms with Crippen LogP contribution in [0.15, 0.2) is 164 Å². The molecule has 0 N–H and O–H groups in total. The molecular weight excluding hydrogens is 592 g/mol. The van der Waals surface area contributed by atoms with E-state index in [1.165, 1.54) is 60.8 Å². The lowest BCUT2D eigenvalue weighted by molar-refractivity contribution is 0.447. The van der Waals surface area contributed by atoms with Crippen LogP contribution in [0, 0.1) is 0 Å². The topological polar surface area (TPSA) is 9.23 Å². The van der Waals surface area contributed by atoms with Crippen molar-refractivity contribution in [2.45, 2.75) is 5.41 Å². The second-order valence-electron chi connectivity index (χ2n) is 12.6. The Bertz CT molecular complexity index is 2460. The highest BCUT2D eigenvalue weighted by Crippen LogP contribution is 2.64. The molecule has 0 saturated heterocycles. The average Bonchev–Trinajstić information content (AvgIpc) is 3.42. The lowest BCUT2D eigenvalue weighted by atomic mass is 9.65. The van der Waals surface area contributed by atoms with Crippen LogP contribution in [0.3, 0.4) is 0 Å². The van der Waals surface area contributed by atoms with E-state index in [4.69, 9.17) is 16.3 Å². The molecular formula is C45H27ClO. The highest BCUT2D eigenvalue weighted by molar-refractivity contribution is 6.30. The molecule has 0 saturated carbocycles. The smallest absolute Gasteiger partial charge is 0.140 e. The van der Waals surface area contributed by atoms with Crippen LogP contribution in [0.25, 0.3) is 54.9 Å². The van der Waals surface area contributed by atoms with Gasteiger partial charge in [-0.05, 0) is 73.5 Å². The summed E-state index contributed by atoms with van der Waals surface area (Å²) >= 11 is 6.16. The first-order valence-electron chi connectivity index (χ1n) is 16.0. The van der Waals surface area contributed by atoms with Crippen molar-refractivity contribution in [1.29, 1.82) is 0 Å². The SMILES string of the molecule is Clc1ccc(-c2ccc(-c3ccc4c(c3)C3(c5ccccc5-4)c4ccc5ccccc5c4Oc4c3ccc3ccccc43)cc2)cc1. The van der Waals surface area contributed by atoms with Gasteiger partial charge in [-0.1, -0.05) is 157 Å². The third-order valence-electron chi connectivity index (χ3n) is 10.2. The predicted molar refractivity (Wildman–Crippen MR) is 195 cm³/mol. The summed E-state index contributed by atoms with van der Waals surface area (Å²) in [7, 11) is 0. The summed E-state index contributed by atoms with van der Waals surface area (Å²) in [4.78, 5) is 0. The van der Waals surface area contributed by atoms with E-state index in [0.717, 1.165) is 32.9 Å². The third-order valence-corrected chi connectivity index (χ3v) is 10.5. The van der Waals surface area contributed by atoms with Crippen molar-refractivity contribution in [2.24, 2.45) is 0 Å². The van der Waals surface area contributed by atoms with E-state index in [1.54, 1.807) is 0 Å². The minimum Gasteiger partial charge on any atom is -0.455 e. The number of hydrogen-bond donors (Lipinski definition) is 0. The van der Waals surface area contributed by atoms with Gasteiger partial charge in [-0.15, -0.1) is 0 Å². The van der Waals surface area contributed by atoms with E-state index >= 15 is 0 Å². The van der Waals surface area contributed by atoms with Crippen LogP contribution in [-0.4, -0.2) is 0 Å². The van der Waals surface area contributed by atoms with Crippen LogP contribution in [0.4, 0.5) is 0 Å². The fourth-order valence-electron chi connectivity index (χ4n) is 8.08. The Morgan fingerprint density at radius 1 is 0.383 bits per heavy atom. The molecule has 2 heteroatoms. The van der Waals surface area contributed by atoms with Crippen molar-refractivity contribution < 1.29 is 4.74 Å². The van der Waals surface area contributed by atoms with Crippen molar-refractivity contribution >= 4 is 33.1 Å². The Morgan fingerprint density at radius 2 is 0.872 bits per heavy atom. The van der Waals surface area contributed by atoms with E-state index in [1.807, 2.05) is 12.1 Å². The first-order chi connectivity index (χ1) is 23.2. The van der Waals surface area contributed by atoms with Crippen molar-refractivity contribution in [3.63, 3.8) is 0 Å². The quantitative estimate of drug-likeness (QED) is 0.187. The fourth-order valence-corrected chi connectivity index (χ4v) is 8.21. The average molecular weight is 619 g/mol. The van der Waals surface area contributed by atoms with Gasteiger partial charge >= 0.3 is 0 Å². The van der Waals surface area contributed by atoms with Crippen LogP contribution in [0.1, 0.15) is 22.3 Å². The minimum absolute atomic E-state index is 0.553. The molecule has 220 valence electrons. The number of hydrogen-bond acceptors (Lipinski definition) is 1. The van der Waals surface area contributed by atoms with Gasteiger partial charge in [0.2, 0.25) is 0 Å². The van der Waals surface area contributed by atoms with E-state index < -0.39 is 5.41 Å². The van der Waals surface area contributed by atoms with Gasteiger partial charge < -0.3 is 4.74 Å². The molecule has 1 aliphatic carbocycles. The van der Waals surface area contributed by atoms with Gasteiger partial charge in [-0.2, -0.15) is 0 Å². The first kappa shape index (κ1) is 26.6. The maximum absolute atomic E-state index is 7.09. The maximum Gasteiger partial charge on any atom is 0.140 e. The number of fused-ring (bicyclic) bond motifs is 13. The molecule has 0 atom stereocenters. The van der Waals surface area contributed by atoms with E-state index in [9.17, 15) is 0 Å². The number of halogens is 1. The van der Waals surface area contributed by atoms with Crippen LogP contribution in [0.2, 0.25) is 5.02 Å². The predicted octanol–water partition coefficient (Wildman–Crippen LogP) is 12.4. The molecule has 1 spiro atoms. The van der Waals surface area contributed by atoms with Gasteiger partial charge in [0, 0.05) is 26.9 Å². The Hall–Kier alpha value is -5.63. The van der Waals surface area contributed by atoms with Crippen LogP contribution < -0.4 is 4.74 Å². The van der Waals surface area contributed by atoms with Crippen LogP contribution >= 0.6 is 11.6 Å². The molecule has 10 rings (SSSR count). The molecule has 0 radical (unpaired) electrons. The third kappa shape index (κ3) is 3.72. The number of rotatable bonds is 2. The lowest BCUT2D eigenvalue weighted by Gasteiger charge is -2.40. The van der Waals surface area contributed by atoms with Crippen molar-refractivity contribution in [1.82, 2.24) is 0 Å². The second kappa shape index (κ2) is 9.93. The largest absolute Gasteiger partial charge is 0.455 e. The molecule has 0 aromatic heterocycles. The standard InChI is InChI=1S/C45H27ClO/c46-34-22-17-29(18-23-34)28-13-15-30(16-14-28)33-19-24-38-37-11-5-6-12-39(37)45(42(38)27-33)40-25-20-31-7-1-3-9-35(31)43(40)47-44-36-10-4-2-8-32(36)21-26-41(44)45/h1-27H. The van der Waals surface area contributed by atoms with Crippen molar-refractivity contribution in [3.05, 3.63) is 191 Å². The second-order valence-corrected chi connectivity index (χ2v) is 13.0. The first-order valence-corrected chi connectivity index (χ1v) is 16.4. The van der Waals surface area contributed by atoms with Gasteiger partial charge in [0.15, 0.2) is 0 Å². The fraction of sp³-hybridized carbons (Fsp3) is 0.0222. The van der Waals surface area contributed by atoms with E-state index in [-0.39, 0.29) is 0 Å². The lowest BCUT2D eigenvalue weighted by Crippen LogP contribution is -2.32. The van der Waals surface area contributed by atoms with Crippen molar-refractivity contribution in [2.75, 3.05) is 0 Å². The molecule has 47 heavy (non-hydrogen) atoms. The molecule has 1 aliphatic heterocycles. The Labute approximate surface area is 278 Å². The highest BCUT2D eigenvalue weighted by atomic mass is 35.5. The number of benzene rings is 8. The molecule has 8 aromatic rings. The maximum atomic E-state index is 7.09. The zero-order valence-corrected chi connectivity index (χ0v) is 26.1. The summed E-state index contributed by atoms with van der Waals surface area (Å²) in [6, 6.07) is 59.1. The van der Waals surface area contributed by atoms with Crippen molar-refractivity contribution in [3.8, 4) is 44.9 Å². The molecule has 8 aromatic carbocycles. The molecule has 0 fully saturated rings. The summed E-state index contributed by atoms with van der Waals surface area (Å²) in [6.07, 6.45) is 0. The zero-order chi connectivity index (χ0) is 31.1. The summed E-state index contributed by atoms with van der Waals surface area (Å²) in [6.45, 7) is 0. The molecule has 0 amide bonds. The van der Waals surface area contributed by atoms with Crippen LogP contribution in [-0.2, 0) is 5.41 Å². The highest BCUT2D eigenvalue weighted by Gasteiger charge is 2.51. The molecule has 1 nitrogen and oxygen atoms in total. The van der Waals surface area contributed by atoms with Gasteiger partial charge in [0.05, 0.1) is 5.41 Å². The molecule has 1 heterocycles. The zero-order valence-electron chi connectivity index (χ0n) is 25.4. The Balaban J connectivity index is 1.26. The molecule has 2 aliphatic rings. The normalized spacial score (nSPS) is 13.6. The minimum atomic E-state index is -0.553. The Kier molecular flexibility index (Phi) is 5.62. The van der Waals surface area contributed by atoms with Gasteiger partial charge in [-0.25, -0.2) is 0 Å². The summed E-state index contributed by atoms with van der Waals surface area (Å²) < 4.78 is 7.09. The van der Waals surface area contributed by atoms with E-state index in [0.29, 0.717) is 0 Å². The van der Waals surface area contributed by atoms with E-state index in [2.05, 4.69) is 152 Å². The molecule has 0 bridgehead atoms. The van der Waals surface area contributed by atoms with Crippen LogP contribution in [0.5, 0.6) is 11.5 Å². The van der Waals surface area contributed by atoms with Gasteiger partial charge in [-0.3, -0.25) is 0 Å².